The molecule has 1 aromatic heterocycles. The molecule has 29 heavy (non-hydrogen) atoms. The Bertz CT molecular complexity index is 1100. The molecule has 0 atom stereocenters. The zero-order valence-corrected chi connectivity index (χ0v) is 18.6. The third kappa shape index (κ3) is 4.20. The highest BCUT2D eigenvalue weighted by Gasteiger charge is 2.19. The number of fused-ring (bicyclic) bond motifs is 1. The van der Waals surface area contributed by atoms with Gasteiger partial charge in [-0.05, 0) is 70.2 Å². The van der Waals surface area contributed by atoms with Gasteiger partial charge in [0.05, 0.1) is 12.3 Å². The molecule has 0 spiro atoms. The molecule has 5 heteroatoms. The minimum absolute atomic E-state index is 0.163. The predicted octanol–water partition coefficient (Wildman–Crippen LogP) is 6.52. The van der Waals surface area contributed by atoms with E-state index in [1.165, 1.54) is 0 Å². The number of thioether (sulfide) groups is 1. The third-order valence-electron chi connectivity index (χ3n) is 5.07. The molecular weight excluding hydrogens is 382 g/mol. The highest BCUT2D eigenvalue weighted by atomic mass is 32.2. The van der Waals surface area contributed by atoms with Crippen LogP contribution in [0.4, 0.5) is 5.69 Å². The van der Waals surface area contributed by atoms with Gasteiger partial charge in [-0.15, -0.1) is 11.8 Å². The number of anilines is 1. The van der Waals surface area contributed by atoms with Crippen molar-refractivity contribution in [2.24, 2.45) is 0 Å². The van der Waals surface area contributed by atoms with Gasteiger partial charge in [0.15, 0.2) is 0 Å². The molecule has 3 rings (SSSR count). The molecule has 0 radical (unpaired) electrons. The number of aryl methyl sites for hydroxylation is 3. The fraction of sp³-hybridized carbons (Fsp3) is 0.292. The van der Waals surface area contributed by atoms with Crippen LogP contribution in [0.5, 0.6) is 5.75 Å². The number of benzene rings is 2. The lowest BCUT2D eigenvalue weighted by atomic mass is 9.98. The molecule has 0 fully saturated rings. The molecule has 0 aliphatic heterocycles. The number of carbonyl (C=O) groups excluding carboxylic acids is 1. The van der Waals surface area contributed by atoms with Crippen LogP contribution < -0.4 is 10.1 Å². The van der Waals surface area contributed by atoms with Crippen molar-refractivity contribution in [2.45, 2.75) is 39.5 Å². The second-order valence-corrected chi connectivity index (χ2v) is 7.84. The van der Waals surface area contributed by atoms with Gasteiger partial charge in [0, 0.05) is 27.5 Å². The quantitative estimate of drug-likeness (QED) is 0.372. The molecule has 152 valence electrons. The number of hydrogen-bond acceptors (Lipinski definition) is 4. The number of allylic oxidation sites excluding steroid dienone is 1. The highest BCUT2D eigenvalue weighted by molar-refractivity contribution is 7.98. The van der Waals surface area contributed by atoms with Crippen molar-refractivity contribution in [1.29, 1.82) is 0 Å². The number of carbonyl (C=O) groups is 1. The summed E-state index contributed by atoms with van der Waals surface area (Å²) in [6, 6.07) is 9.84. The van der Waals surface area contributed by atoms with Crippen LogP contribution in [0.2, 0.25) is 0 Å². The highest BCUT2D eigenvalue weighted by Crippen LogP contribution is 2.39. The maximum Gasteiger partial charge on any atom is 0.248 e. The van der Waals surface area contributed by atoms with Gasteiger partial charge in [0.1, 0.15) is 17.1 Å². The largest absolute Gasteiger partial charge is 0.493 e. The lowest BCUT2D eigenvalue weighted by molar-refractivity contribution is -0.111. The lowest BCUT2D eigenvalue weighted by Gasteiger charge is -2.15. The standard InChI is InChI=1S/C24H27NO3S/c1-7-27-23-16(4)24-19(15(3)17(5)28-24)13-18(23)14(2)12-22(26)25-20-10-8-9-11-21(20)29-6/h8-13H,7H2,1-6H3,(H,25,26)/b14-12+. The van der Waals surface area contributed by atoms with E-state index in [-0.39, 0.29) is 5.91 Å². The molecular formula is C24H27NO3S. The minimum Gasteiger partial charge on any atom is -0.493 e. The molecule has 1 amide bonds. The molecule has 0 saturated heterocycles. The molecule has 0 aliphatic carbocycles. The average Bonchev–Trinajstić information content (AvgIpc) is 2.98. The first kappa shape index (κ1) is 21.1. The van der Waals surface area contributed by atoms with E-state index in [4.69, 9.17) is 9.15 Å². The van der Waals surface area contributed by atoms with E-state index in [2.05, 4.69) is 18.3 Å². The van der Waals surface area contributed by atoms with Crippen LogP contribution in [0.3, 0.4) is 0 Å². The maximum atomic E-state index is 12.7. The van der Waals surface area contributed by atoms with Crippen LogP contribution in [0, 0.1) is 20.8 Å². The zero-order valence-electron chi connectivity index (χ0n) is 17.8. The lowest BCUT2D eigenvalue weighted by Crippen LogP contribution is -2.09. The smallest absolute Gasteiger partial charge is 0.248 e. The fourth-order valence-corrected chi connectivity index (χ4v) is 3.98. The molecule has 1 heterocycles. The summed E-state index contributed by atoms with van der Waals surface area (Å²) < 4.78 is 11.9. The van der Waals surface area contributed by atoms with E-state index in [1.807, 2.05) is 58.2 Å². The van der Waals surface area contributed by atoms with E-state index < -0.39 is 0 Å². The normalized spacial score (nSPS) is 11.7. The van der Waals surface area contributed by atoms with Crippen molar-refractivity contribution in [3.8, 4) is 5.75 Å². The first-order valence-electron chi connectivity index (χ1n) is 9.66. The Morgan fingerprint density at radius 2 is 1.93 bits per heavy atom. The Hall–Kier alpha value is -2.66. The SMILES string of the molecule is CCOc1c(/C(C)=C/C(=O)Nc2ccccc2SC)cc2c(C)c(C)oc2c1C. The number of para-hydroxylation sites is 1. The van der Waals surface area contributed by atoms with Gasteiger partial charge < -0.3 is 14.5 Å². The summed E-state index contributed by atoms with van der Waals surface area (Å²) in [6.07, 6.45) is 3.62. The van der Waals surface area contributed by atoms with Crippen LogP contribution in [-0.2, 0) is 4.79 Å². The summed E-state index contributed by atoms with van der Waals surface area (Å²) in [5.41, 5.74) is 5.48. The molecule has 3 aromatic rings. The minimum atomic E-state index is -0.163. The molecule has 0 saturated carbocycles. The first-order valence-corrected chi connectivity index (χ1v) is 10.9. The number of amides is 1. The molecule has 0 unspecified atom stereocenters. The van der Waals surface area contributed by atoms with Crippen LogP contribution in [0.15, 0.2) is 45.7 Å². The van der Waals surface area contributed by atoms with Crippen molar-refractivity contribution in [3.05, 3.63) is 58.9 Å². The van der Waals surface area contributed by atoms with E-state index in [0.717, 1.165) is 55.3 Å². The predicted molar refractivity (Wildman–Crippen MR) is 122 cm³/mol. The summed E-state index contributed by atoms with van der Waals surface area (Å²) in [5.74, 6) is 1.50. The maximum absolute atomic E-state index is 12.7. The van der Waals surface area contributed by atoms with Crippen LogP contribution >= 0.6 is 11.8 Å². The van der Waals surface area contributed by atoms with Crippen molar-refractivity contribution in [2.75, 3.05) is 18.2 Å². The Morgan fingerprint density at radius 3 is 2.62 bits per heavy atom. The summed E-state index contributed by atoms with van der Waals surface area (Å²) in [4.78, 5) is 13.7. The summed E-state index contributed by atoms with van der Waals surface area (Å²) in [6.45, 7) is 10.5. The monoisotopic (exact) mass is 409 g/mol. The van der Waals surface area contributed by atoms with Crippen molar-refractivity contribution in [3.63, 3.8) is 0 Å². The molecule has 2 aromatic carbocycles. The second kappa shape index (κ2) is 8.78. The van der Waals surface area contributed by atoms with Gasteiger partial charge in [-0.3, -0.25) is 4.79 Å². The van der Waals surface area contributed by atoms with E-state index in [1.54, 1.807) is 17.8 Å². The van der Waals surface area contributed by atoms with Gasteiger partial charge >= 0.3 is 0 Å². The Balaban J connectivity index is 2.02. The third-order valence-corrected chi connectivity index (χ3v) is 5.87. The van der Waals surface area contributed by atoms with Crippen LogP contribution in [-0.4, -0.2) is 18.8 Å². The average molecular weight is 410 g/mol. The number of furan rings is 1. The second-order valence-electron chi connectivity index (χ2n) is 6.99. The molecule has 4 nitrogen and oxygen atoms in total. The van der Waals surface area contributed by atoms with Gasteiger partial charge in [-0.1, -0.05) is 12.1 Å². The van der Waals surface area contributed by atoms with Gasteiger partial charge in [0.25, 0.3) is 0 Å². The van der Waals surface area contributed by atoms with Crippen LogP contribution in [0.1, 0.15) is 36.3 Å². The van der Waals surface area contributed by atoms with Crippen molar-refractivity contribution in [1.82, 2.24) is 0 Å². The van der Waals surface area contributed by atoms with E-state index in [9.17, 15) is 4.79 Å². The zero-order chi connectivity index (χ0) is 21.1. The van der Waals surface area contributed by atoms with Gasteiger partial charge in [0.2, 0.25) is 5.91 Å². The number of ether oxygens (including phenoxy) is 1. The Morgan fingerprint density at radius 1 is 1.21 bits per heavy atom. The fourth-order valence-electron chi connectivity index (χ4n) is 3.43. The Labute approximate surface area is 176 Å². The summed E-state index contributed by atoms with van der Waals surface area (Å²) in [7, 11) is 0. The van der Waals surface area contributed by atoms with Crippen LogP contribution in [0.25, 0.3) is 16.5 Å². The van der Waals surface area contributed by atoms with Gasteiger partial charge in [-0.2, -0.15) is 0 Å². The summed E-state index contributed by atoms with van der Waals surface area (Å²) in [5, 5.41) is 4.04. The number of nitrogens with one attached hydrogen (secondary N) is 1. The number of hydrogen-bond donors (Lipinski definition) is 1. The van der Waals surface area contributed by atoms with Crippen molar-refractivity contribution >= 4 is 39.9 Å². The molecule has 0 bridgehead atoms. The topological polar surface area (TPSA) is 51.5 Å². The number of rotatable bonds is 6. The van der Waals surface area contributed by atoms with Gasteiger partial charge in [-0.25, -0.2) is 0 Å². The Kier molecular flexibility index (Phi) is 6.38. The van der Waals surface area contributed by atoms with E-state index >= 15 is 0 Å². The molecule has 1 N–H and O–H groups in total. The summed E-state index contributed by atoms with van der Waals surface area (Å²) >= 11 is 1.60. The first-order chi connectivity index (χ1) is 13.9. The van der Waals surface area contributed by atoms with E-state index in [0.29, 0.717) is 6.61 Å². The molecule has 0 aliphatic rings. The van der Waals surface area contributed by atoms with Crippen molar-refractivity contribution < 1.29 is 13.9 Å².